The van der Waals surface area contributed by atoms with E-state index in [1.165, 1.54) is 11.8 Å². The van der Waals surface area contributed by atoms with Gasteiger partial charge in [-0.2, -0.15) is 11.8 Å². The fourth-order valence-electron chi connectivity index (χ4n) is 0.583. The van der Waals surface area contributed by atoms with E-state index in [-0.39, 0.29) is 51.4 Å². The molecule has 0 radical (unpaired) electrons. The van der Waals surface area contributed by atoms with Crippen molar-refractivity contribution < 1.29 is 64.3 Å². The Morgan fingerprint density at radius 3 is 1.90 bits per heavy atom. The Bertz CT molecular complexity index is 138. The fourth-order valence-corrected chi connectivity index (χ4v) is 1.22. The van der Waals surface area contributed by atoms with Gasteiger partial charge in [0, 0.05) is 11.5 Å². The van der Waals surface area contributed by atoms with Crippen LogP contribution in [0.3, 0.4) is 0 Å². The third-order valence-electron chi connectivity index (χ3n) is 1.000. The summed E-state index contributed by atoms with van der Waals surface area (Å²) < 4.78 is 34.5. The summed E-state index contributed by atoms with van der Waals surface area (Å²) in [5.41, 5.74) is 0.535. The molecule has 0 spiro atoms. The zero-order valence-corrected chi connectivity index (χ0v) is 9.55. The van der Waals surface area contributed by atoms with Crippen molar-refractivity contribution in [2.75, 3.05) is 11.5 Å². The predicted molar refractivity (Wildman–Crippen MR) is 34.5 cm³/mol. The molecule has 0 atom stereocenters. The second-order valence-electron chi connectivity index (χ2n) is 1.94. The molecule has 52 valence electrons. The Hall–Kier alpha value is 1.58. The second kappa shape index (κ2) is 4.57. The molecule has 1 fully saturated rings. The van der Waals surface area contributed by atoms with Crippen LogP contribution in [0.2, 0.25) is 0 Å². The maximum Gasteiger partial charge on any atom is 1.00 e. The normalized spacial score (nSPS) is 17.3. The minimum Gasteiger partial charge on any atom is -0.445 e. The molecule has 0 aromatic heterocycles. The van der Waals surface area contributed by atoms with Crippen molar-refractivity contribution >= 4 is 18.7 Å². The van der Waals surface area contributed by atoms with Crippen LogP contribution in [0.25, 0.3) is 0 Å². The van der Waals surface area contributed by atoms with Crippen LogP contribution in [0.4, 0.5) is 12.9 Å². The summed E-state index contributed by atoms with van der Waals surface area (Å²) in [4.78, 5) is 0. The van der Waals surface area contributed by atoms with Crippen molar-refractivity contribution in [3.05, 3.63) is 11.5 Å². The molecular formula is C4H5BF3KS. The summed E-state index contributed by atoms with van der Waals surface area (Å²) in [5, 5.41) is 0. The van der Waals surface area contributed by atoms with E-state index in [9.17, 15) is 12.9 Å². The molecule has 0 aliphatic carbocycles. The van der Waals surface area contributed by atoms with E-state index in [0.29, 0.717) is 23.1 Å². The molecule has 0 saturated carbocycles. The van der Waals surface area contributed by atoms with E-state index in [0.717, 1.165) is 0 Å². The summed E-state index contributed by atoms with van der Waals surface area (Å²) in [7, 11) is 0. The van der Waals surface area contributed by atoms with Crippen LogP contribution < -0.4 is 51.4 Å². The Labute approximate surface area is 104 Å². The molecule has 0 unspecified atom stereocenters. The monoisotopic (exact) mass is 192 g/mol. The van der Waals surface area contributed by atoms with E-state index in [2.05, 4.69) is 0 Å². The standard InChI is InChI=1S/C4H5BF3S.K/c6-5(7,8)1-4-2-9-3-4;/h1H,2-3H2;/q-1;+1. The number of rotatable bonds is 1. The van der Waals surface area contributed by atoms with Crippen LogP contribution in [0.15, 0.2) is 11.5 Å². The fraction of sp³-hybridized carbons (Fsp3) is 0.500. The molecule has 1 saturated heterocycles. The van der Waals surface area contributed by atoms with Gasteiger partial charge in [-0.1, -0.05) is 5.57 Å². The molecule has 0 bridgehead atoms. The largest absolute Gasteiger partial charge is 1.00 e. The smallest absolute Gasteiger partial charge is 0.445 e. The molecule has 0 amide bonds. The number of hydrogen-bond donors (Lipinski definition) is 0. The first-order valence-electron chi connectivity index (χ1n) is 2.56. The first-order valence-corrected chi connectivity index (χ1v) is 3.72. The maximum absolute atomic E-state index is 11.5. The van der Waals surface area contributed by atoms with Crippen LogP contribution in [0, 0.1) is 0 Å². The summed E-state index contributed by atoms with van der Waals surface area (Å²) in [6, 6.07) is 0. The van der Waals surface area contributed by atoms with Gasteiger partial charge in [0.1, 0.15) is 0 Å². The molecule has 10 heavy (non-hydrogen) atoms. The Morgan fingerprint density at radius 1 is 1.30 bits per heavy atom. The molecule has 1 rings (SSSR count). The molecular weight excluding hydrogens is 187 g/mol. The number of hydrogen-bond acceptors (Lipinski definition) is 1. The Kier molecular flexibility index (Phi) is 5.29. The Morgan fingerprint density at radius 2 is 1.80 bits per heavy atom. The van der Waals surface area contributed by atoms with Gasteiger partial charge in [-0.15, -0.1) is 5.98 Å². The predicted octanol–water partition coefficient (Wildman–Crippen LogP) is -0.950. The van der Waals surface area contributed by atoms with Crippen molar-refractivity contribution in [2.45, 2.75) is 0 Å². The van der Waals surface area contributed by atoms with Gasteiger partial charge in [0.25, 0.3) is 0 Å². The minimum absolute atomic E-state index is 0. The van der Waals surface area contributed by atoms with E-state index in [4.69, 9.17) is 0 Å². The third-order valence-corrected chi connectivity index (χ3v) is 2.15. The number of halogens is 3. The topological polar surface area (TPSA) is 0 Å². The summed E-state index contributed by atoms with van der Waals surface area (Å²) in [5.74, 6) is 1.60. The van der Waals surface area contributed by atoms with Gasteiger partial charge in [0.2, 0.25) is 0 Å². The molecule has 6 heteroatoms. The van der Waals surface area contributed by atoms with E-state index >= 15 is 0 Å². The zero-order valence-electron chi connectivity index (χ0n) is 5.61. The van der Waals surface area contributed by atoms with Gasteiger partial charge in [0.15, 0.2) is 0 Å². The first-order chi connectivity index (χ1) is 4.08. The van der Waals surface area contributed by atoms with Gasteiger partial charge in [-0.05, 0) is 0 Å². The van der Waals surface area contributed by atoms with Gasteiger partial charge in [-0.25, -0.2) is 0 Å². The van der Waals surface area contributed by atoms with Crippen molar-refractivity contribution in [2.24, 2.45) is 0 Å². The molecule has 0 nitrogen and oxygen atoms in total. The van der Waals surface area contributed by atoms with Gasteiger partial charge in [0.05, 0.1) is 0 Å². The first kappa shape index (κ1) is 11.6. The van der Waals surface area contributed by atoms with Gasteiger partial charge >= 0.3 is 58.4 Å². The minimum atomic E-state index is -4.67. The molecule has 0 aromatic rings. The SMILES string of the molecule is F[B-](F)(F)C=C1CSC1.[K+]. The van der Waals surface area contributed by atoms with Crippen molar-refractivity contribution in [3.8, 4) is 0 Å². The van der Waals surface area contributed by atoms with Crippen LogP contribution >= 0.6 is 11.8 Å². The zero-order chi connectivity index (χ0) is 6.91. The van der Waals surface area contributed by atoms with E-state index < -0.39 is 6.98 Å². The van der Waals surface area contributed by atoms with Crippen molar-refractivity contribution in [1.29, 1.82) is 0 Å². The maximum atomic E-state index is 11.5. The van der Waals surface area contributed by atoms with Crippen LogP contribution in [-0.4, -0.2) is 18.5 Å². The second-order valence-corrected chi connectivity index (χ2v) is 2.93. The quantitative estimate of drug-likeness (QED) is 0.483. The summed E-state index contributed by atoms with van der Waals surface area (Å²) in [6.07, 6.45) is 0. The van der Waals surface area contributed by atoms with Crippen LogP contribution in [-0.2, 0) is 0 Å². The third kappa shape index (κ3) is 4.46. The molecule has 0 aromatic carbocycles. The van der Waals surface area contributed by atoms with E-state index in [1.54, 1.807) is 0 Å². The molecule has 1 aliphatic rings. The summed E-state index contributed by atoms with van der Waals surface area (Å²) in [6.45, 7) is -4.67. The molecule has 1 aliphatic heterocycles. The van der Waals surface area contributed by atoms with Gasteiger partial charge < -0.3 is 12.9 Å². The van der Waals surface area contributed by atoms with Crippen LogP contribution in [0.5, 0.6) is 0 Å². The average molecular weight is 192 g/mol. The van der Waals surface area contributed by atoms with Gasteiger partial charge in [-0.3, -0.25) is 0 Å². The van der Waals surface area contributed by atoms with Crippen molar-refractivity contribution in [1.82, 2.24) is 0 Å². The number of thioether (sulfide) groups is 1. The Balaban J connectivity index is 0.000000810. The van der Waals surface area contributed by atoms with E-state index in [1.807, 2.05) is 0 Å². The molecule has 0 N–H and O–H groups in total. The van der Waals surface area contributed by atoms with Crippen molar-refractivity contribution in [3.63, 3.8) is 0 Å². The average Bonchev–Trinajstić information content (AvgIpc) is 1.53. The summed E-state index contributed by atoms with van der Waals surface area (Å²) >= 11 is 1.53. The molecule has 1 heterocycles. The van der Waals surface area contributed by atoms with Crippen LogP contribution in [0.1, 0.15) is 0 Å².